The molecule has 1 aliphatic heterocycles. The van der Waals surface area contributed by atoms with Gasteiger partial charge >= 0.3 is 0 Å². The number of ether oxygens (including phenoxy) is 2. The molecule has 0 aromatic heterocycles. The summed E-state index contributed by atoms with van der Waals surface area (Å²) in [7, 11) is -1.79. The summed E-state index contributed by atoms with van der Waals surface area (Å²) in [5.41, 5.74) is 0. The largest absolute Gasteiger partial charge is 0.414 e. The van der Waals surface area contributed by atoms with E-state index in [0.29, 0.717) is 6.61 Å². The Hall–Kier alpha value is -0.203. The number of aliphatic hydroxyl groups excluding tert-OH is 1. The Kier molecular flexibility index (Phi) is 5.60. The highest BCUT2D eigenvalue weighted by molar-refractivity contribution is 6.74. The van der Waals surface area contributed by atoms with Crippen molar-refractivity contribution in [3.8, 4) is 0 Å². The van der Waals surface area contributed by atoms with E-state index in [1.165, 1.54) is 0 Å². The Morgan fingerprint density at radius 1 is 1.25 bits per heavy atom. The average molecular weight is 302 g/mol. The van der Waals surface area contributed by atoms with Gasteiger partial charge in [0.05, 0.1) is 13.2 Å². The first-order chi connectivity index (χ1) is 8.98. The van der Waals surface area contributed by atoms with Crippen molar-refractivity contribution in [2.24, 2.45) is 0 Å². The third-order valence-electron chi connectivity index (χ3n) is 4.07. The topological polar surface area (TPSA) is 47.9 Å². The van der Waals surface area contributed by atoms with Crippen LogP contribution in [0, 0.1) is 0 Å². The molecule has 1 N–H and O–H groups in total. The lowest BCUT2D eigenvalue weighted by Crippen LogP contribution is -2.43. The van der Waals surface area contributed by atoms with Crippen molar-refractivity contribution in [1.29, 1.82) is 0 Å². The molecule has 1 heterocycles. The summed E-state index contributed by atoms with van der Waals surface area (Å²) in [6.07, 6.45) is 3.26. The van der Waals surface area contributed by atoms with E-state index >= 15 is 0 Å². The Bertz CT molecular complexity index is 344. The predicted molar refractivity (Wildman–Crippen MR) is 83.2 cm³/mol. The van der Waals surface area contributed by atoms with Gasteiger partial charge in [0.25, 0.3) is 0 Å². The van der Waals surface area contributed by atoms with Gasteiger partial charge in [-0.3, -0.25) is 0 Å². The molecule has 4 nitrogen and oxygen atoms in total. The van der Waals surface area contributed by atoms with Crippen LogP contribution in [0.3, 0.4) is 0 Å². The molecular formula is C15H30O4Si. The lowest BCUT2D eigenvalue weighted by molar-refractivity contribution is -0.145. The molecule has 0 amide bonds. The zero-order valence-electron chi connectivity index (χ0n) is 13.9. The molecule has 20 heavy (non-hydrogen) atoms. The second kappa shape index (κ2) is 6.28. The van der Waals surface area contributed by atoms with Gasteiger partial charge in [-0.2, -0.15) is 0 Å². The number of aliphatic hydroxyl groups is 1. The summed E-state index contributed by atoms with van der Waals surface area (Å²) in [6.45, 7) is 15.5. The standard InChI is InChI=1S/C15H30O4Si/c1-14(2,3)20(6,7)17-11-13-12(9-8-10-16)18-15(4,5)19-13/h8-9,12-13,16H,10-11H2,1-7H3/b9-8+/t12-,13-/m0/s1. The highest BCUT2D eigenvalue weighted by atomic mass is 28.4. The fraction of sp³-hybridized carbons (Fsp3) is 0.867. The number of hydrogen-bond acceptors (Lipinski definition) is 4. The van der Waals surface area contributed by atoms with E-state index in [4.69, 9.17) is 19.0 Å². The van der Waals surface area contributed by atoms with Crippen LogP contribution in [0.4, 0.5) is 0 Å². The molecule has 0 aromatic carbocycles. The van der Waals surface area contributed by atoms with E-state index < -0.39 is 14.1 Å². The molecule has 1 aliphatic rings. The fourth-order valence-electron chi connectivity index (χ4n) is 1.86. The van der Waals surface area contributed by atoms with Crippen LogP contribution in [0.1, 0.15) is 34.6 Å². The molecule has 0 radical (unpaired) electrons. The molecule has 0 aromatic rings. The molecule has 1 saturated heterocycles. The first kappa shape index (κ1) is 17.8. The first-order valence-electron chi connectivity index (χ1n) is 7.26. The third kappa shape index (κ3) is 4.67. The Morgan fingerprint density at radius 2 is 1.85 bits per heavy atom. The SMILES string of the molecule is CC1(C)O[C@@H](/C=C/CO)[C@H](CO[Si](C)(C)C(C)(C)C)O1. The minimum Gasteiger partial charge on any atom is -0.414 e. The molecule has 5 heteroatoms. The summed E-state index contributed by atoms with van der Waals surface area (Å²) >= 11 is 0. The molecule has 0 unspecified atom stereocenters. The van der Waals surface area contributed by atoms with Gasteiger partial charge in [-0.15, -0.1) is 0 Å². The molecule has 0 spiro atoms. The minimum atomic E-state index is -1.79. The van der Waals surface area contributed by atoms with Crippen LogP contribution in [0.15, 0.2) is 12.2 Å². The van der Waals surface area contributed by atoms with Crippen LogP contribution < -0.4 is 0 Å². The van der Waals surface area contributed by atoms with Crippen LogP contribution >= 0.6 is 0 Å². The van der Waals surface area contributed by atoms with Gasteiger partial charge in [0.2, 0.25) is 0 Å². The summed E-state index contributed by atoms with van der Waals surface area (Å²) in [5, 5.41) is 9.08. The van der Waals surface area contributed by atoms with E-state index in [-0.39, 0.29) is 23.9 Å². The van der Waals surface area contributed by atoms with Crippen LogP contribution in [0.5, 0.6) is 0 Å². The van der Waals surface area contributed by atoms with Crippen LogP contribution in [0.2, 0.25) is 18.1 Å². The van der Waals surface area contributed by atoms with Crippen LogP contribution in [0.25, 0.3) is 0 Å². The summed E-state index contributed by atoms with van der Waals surface area (Å²) in [6, 6.07) is 0. The van der Waals surface area contributed by atoms with Crippen LogP contribution in [-0.2, 0) is 13.9 Å². The Morgan fingerprint density at radius 3 is 2.35 bits per heavy atom. The molecule has 1 fully saturated rings. The molecule has 118 valence electrons. The van der Waals surface area contributed by atoms with Gasteiger partial charge < -0.3 is 19.0 Å². The predicted octanol–water partition coefficient (Wildman–Crippen LogP) is 3.08. The highest BCUT2D eigenvalue weighted by Crippen LogP contribution is 2.37. The van der Waals surface area contributed by atoms with Crippen molar-refractivity contribution < 1.29 is 19.0 Å². The molecule has 2 atom stereocenters. The lowest BCUT2D eigenvalue weighted by atomic mass is 10.2. The summed E-state index contributed by atoms with van der Waals surface area (Å²) < 4.78 is 18.0. The van der Waals surface area contributed by atoms with Crippen molar-refractivity contribution >= 4 is 8.32 Å². The van der Waals surface area contributed by atoms with E-state index in [1.807, 2.05) is 19.9 Å². The molecular weight excluding hydrogens is 272 g/mol. The van der Waals surface area contributed by atoms with Crippen molar-refractivity contribution in [2.75, 3.05) is 13.2 Å². The molecule has 0 aliphatic carbocycles. The van der Waals surface area contributed by atoms with Gasteiger partial charge in [-0.1, -0.05) is 32.9 Å². The Balaban J connectivity index is 2.67. The molecule has 0 saturated carbocycles. The van der Waals surface area contributed by atoms with Gasteiger partial charge in [-0.05, 0) is 32.0 Å². The molecule has 0 bridgehead atoms. The zero-order valence-corrected chi connectivity index (χ0v) is 14.9. The first-order valence-corrected chi connectivity index (χ1v) is 10.2. The third-order valence-corrected chi connectivity index (χ3v) is 8.57. The Labute approximate surface area is 124 Å². The van der Waals surface area contributed by atoms with E-state index in [0.717, 1.165) is 0 Å². The van der Waals surface area contributed by atoms with Crippen molar-refractivity contribution in [3.05, 3.63) is 12.2 Å². The smallest absolute Gasteiger partial charge is 0.192 e. The van der Waals surface area contributed by atoms with Crippen molar-refractivity contribution in [3.63, 3.8) is 0 Å². The van der Waals surface area contributed by atoms with Gasteiger partial charge in [-0.25, -0.2) is 0 Å². The molecule has 1 rings (SSSR count). The normalized spacial score (nSPS) is 27.4. The van der Waals surface area contributed by atoms with E-state index in [9.17, 15) is 0 Å². The van der Waals surface area contributed by atoms with Crippen molar-refractivity contribution in [1.82, 2.24) is 0 Å². The monoisotopic (exact) mass is 302 g/mol. The minimum absolute atomic E-state index is 0.0100. The second-order valence-corrected chi connectivity index (χ2v) is 12.1. The van der Waals surface area contributed by atoms with Gasteiger partial charge in [0.15, 0.2) is 14.1 Å². The van der Waals surface area contributed by atoms with Gasteiger partial charge in [0, 0.05) is 0 Å². The maximum absolute atomic E-state index is 8.90. The maximum Gasteiger partial charge on any atom is 0.192 e. The lowest BCUT2D eigenvalue weighted by Gasteiger charge is -2.37. The van der Waals surface area contributed by atoms with Crippen LogP contribution in [-0.4, -0.2) is 44.6 Å². The number of hydrogen-bond donors (Lipinski definition) is 1. The average Bonchev–Trinajstić information content (AvgIpc) is 2.57. The fourth-order valence-corrected chi connectivity index (χ4v) is 2.87. The highest BCUT2D eigenvalue weighted by Gasteiger charge is 2.43. The quantitative estimate of drug-likeness (QED) is 0.626. The van der Waals surface area contributed by atoms with Gasteiger partial charge in [0.1, 0.15) is 12.2 Å². The maximum atomic E-state index is 8.90. The van der Waals surface area contributed by atoms with E-state index in [1.54, 1.807) is 6.08 Å². The number of rotatable bonds is 5. The summed E-state index contributed by atoms with van der Waals surface area (Å²) in [5.74, 6) is -0.605. The van der Waals surface area contributed by atoms with E-state index in [2.05, 4.69) is 33.9 Å². The van der Waals surface area contributed by atoms with Crippen molar-refractivity contribution in [2.45, 2.75) is 70.7 Å². The second-order valence-electron chi connectivity index (χ2n) is 7.32. The zero-order chi connectivity index (χ0) is 15.6. The summed E-state index contributed by atoms with van der Waals surface area (Å²) in [4.78, 5) is 0.